The first kappa shape index (κ1) is 79.0. The Balaban J connectivity index is 5.13. The highest BCUT2D eigenvalue weighted by Crippen LogP contribution is 2.43. The van der Waals surface area contributed by atoms with E-state index in [1.807, 2.05) is 33.3 Å². The average molecular weight is 1160 g/mol. The van der Waals surface area contributed by atoms with Gasteiger partial charge in [0.1, 0.15) is 19.3 Å². The normalized spacial score (nSPS) is 13.8. The summed E-state index contributed by atoms with van der Waals surface area (Å²) in [5.41, 5.74) is 0. The number of nitrogens with zero attached hydrogens (tertiary/aromatic N) is 1. The number of phosphoric acid groups is 1. The lowest BCUT2D eigenvalue weighted by atomic mass is 10.0. The Bertz CT molecular complexity index is 1520. The van der Waals surface area contributed by atoms with Gasteiger partial charge in [0.2, 0.25) is 5.91 Å². The standard InChI is InChI=1S/C71H135N2O7P/c1-7-10-13-16-19-22-25-28-30-32-34-36-38-40-42-45-48-51-54-57-60-63-70(74)72-68(67-79-81(76,77)78-66-65-73(4,5)6)69(62-59-56-53-50-47-44-27-24-21-18-15-12-9-3)80-71(75)64-61-58-55-52-49-46-43-41-39-37-35-33-31-29-26-23-20-17-14-11-8-2/h19,22,28-31,59,62,68-69H,7-18,20-21,23-27,32-58,60-61,63-67H2,1-6H3,(H-,72,74,76,77)/p+1/b22-19-,30-28-,31-29+,62-59+. The topological polar surface area (TPSA) is 111 Å². The third-order valence-electron chi connectivity index (χ3n) is 15.7. The molecule has 0 rings (SSSR count). The summed E-state index contributed by atoms with van der Waals surface area (Å²) >= 11 is 0. The van der Waals surface area contributed by atoms with E-state index in [0.717, 1.165) is 64.2 Å². The van der Waals surface area contributed by atoms with Crippen molar-refractivity contribution in [2.24, 2.45) is 0 Å². The molecule has 0 bridgehead atoms. The first-order chi connectivity index (χ1) is 39.4. The number of allylic oxidation sites excluding steroid dienone is 7. The monoisotopic (exact) mass is 1160 g/mol. The fourth-order valence-electron chi connectivity index (χ4n) is 10.3. The molecule has 0 saturated heterocycles. The van der Waals surface area contributed by atoms with Crippen molar-refractivity contribution in [3.63, 3.8) is 0 Å². The van der Waals surface area contributed by atoms with Crippen LogP contribution >= 0.6 is 7.82 Å². The van der Waals surface area contributed by atoms with Gasteiger partial charge in [0.05, 0.1) is 33.8 Å². The van der Waals surface area contributed by atoms with Gasteiger partial charge in [-0.15, -0.1) is 0 Å². The SMILES string of the molecule is CCCCC/C=C\C/C=C\CCCCCCCCCCCCCC(=O)NC(COP(=O)(O)OCC[N+](C)(C)C)C(/C=C/CCCCCCCCCCCCC)OC(=O)CCCCCCCCCCCCC/C=C/CCCCCCCC. The van der Waals surface area contributed by atoms with Crippen LogP contribution in [0.1, 0.15) is 342 Å². The minimum atomic E-state index is -4.45. The average Bonchev–Trinajstić information content (AvgIpc) is 3.44. The van der Waals surface area contributed by atoms with Crippen molar-refractivity contribution in [1.82, 2.24) is 5.32 Å². The third-order valence-corrected chi connectivity index (χ3v) is 16.7. The molecular weight excluding hydrogens is 1020 g/mol. The van der Waals surface area contributed by atoms with E-state index in [0.29, 0.717) is 23.9 Å². The van der Waals surface area contributed by atoms with Crippen molar-refractivity contribution in [2.75, 3.05) is 40.9 Å². The maximum Gasteiger partial charge on any atom is 0.472 e. The van der Waals surface area contributed by atoms with Crippen molar-refractivity contribution in [1.29, 1.82) is 0 Å². The molecule has 0 heterocycles. The molecule has 476 valence electrons. The zero-order valence-corrected chi connectivity index (χ0v) is 55.4. The van der Waals surface area contributed by atoms with Crippen LogP contribution < -0.4 is 5.32 Å². The maximum absolute atomic E-state index is 13.6. The Labute approximate surface area is 503 Å². The number of amides is 1. The van der Waals surface area contributed by atoms with E-state index in [1.54, 1.807) is 0 Å². The van der Waals surface area contributed by atoms with Crippen LogP contribution in [0.25, 0.3) is 0 Å². The van der Waals surface area contributed by atoms with Crippen molar-refractivity contribution in [3.8, 4) is 0 Å². The third kappa shape index (κ3) is 62.3. The summed E-state index contributed by atoms with van der Waals surface area (Å²) in [5.74, 6) is -0.493. The second kappa shape index (κ2) is 61.1. The van der Waals surface area contributed by atoms with Gasteiger partial charge in [-0.05, 0) is 89.5 Å². The number of hydrogen-bond acceptors (Lipinski definition) is 6. The second-order valence-electron chi connectivity index (χ2n) is 25.0. The van der Waals surface area contributed by atoms with Crippen LogP contribution in [0, 0.1) is 0 Å². The van der Waals surface area contributed by atoms with E-state index < -0.39 is 20.0 Å². The molecule has 1 amide bonds. The number of nitrogens with one attached hydrogen (secondary N) is 1. The van der Waals surface area contributed by atoms with E-state index in [1.165, 1.54) is 244 Å². The zero-order chi connectivity index (χ0) is 59.3. The number of carbonyl (C=O) groups is 2. The minimum absolute atomic E-state index is 0.0409. The van der Waals surface area contributed by atoms with Gasteiger partial charge in [-0.2, -0.15) is 0 Å². The number of rotatable bonds is 64. The van der Waals surface area contributed by atoms with Crippen molar-refractivity contribution < 1.29 is 37.3 Å². The van der Waals surface area contributed by atoms with Crippen LogP contribution in [0.5, 0.6) is 0 Å². The smallest absolute Gasteiger partial charge is 0.456 e. The highest BCUT2D eigenvalue weighted by molar-refractivity contribution is 7.47. The van der Waals surface area contributed by atoms with Crippen molar-refractivity contribution in [2.45, 2.75) is 354 Å². The van der Waals surface area contributed by atoms with Crippen LogP contribution in [-0.2, 0) is 27.9 Å². The molecule has 3 atom stereocenters. The fraction of sp³-hybridized carbons (Fsp3) is 0.859. The molecule has 0 saturated carbocycles. The Hall–Kier alpha value is -2.03. The summed E-state index contributed by atoms with van der Waals surface area (Å²) in [6, 6.07) is -0.849. The van der Waals surface area contributed by atoms with Gasteiger partial charge in [0.15, 0.2) is 0 Å². The van der Waals surface area contributed by atoms with Gasteiger partial charge in [0.25, 0.3) is 0 Å². The molecule has 10 heteroatoms. The first-order valence-corrected chi connectivity index (χ1v) is 36.5. The van der Waals surface area contributed by atoms with Crippen molar-refractivity contribution >= 4 is 19.7 Å². The first-order valence-electron chi connectivity index (χ1n) is 35.0. The Kier molecular flexibility index (Phi) is 59.5. The number of esters is 1. The molecule has 81 heavy (non-hydrogen) atoms. The van der Waals surface area contributed by atoms with E-state index in [-0.39, 0.29) is 25.1 Å². The summed E-state index contributed by atoms with van der Waals surface area (Å²) < 4.78 is 30.8. The van der Waals surface area contributed by atoms with Gasteiger partial charge < -0.3 is 19.4 Å². The van der Waals surface area contributed by atoms with Gasteiger partial charge in [-0.3, -0.25) is 18.6 Å². The lowest BCUT2D eigenvalue weighted by Crippen LogP contribution is -2.47. The Morgan fingerprint density at radius 2 is 0.753 bits per heavy atom. The summed E-state index contributed by atoms with van der Waals surface area (Å²) in [7, 11) is 1.51. The number of ether oxygens (including phenoxy) is 1. The van der Waals surface area contributed by atoms with E-state index in [2.05, 4.69) is 62.5 Å². The van der Waals surface area contributed by atoms with Crippen LogP contribution in [0.2, 0.25) is 0 Å². The second-order valence-corrected chi connectivity index (χ2v) is 26.5. The number of likely N-dealkylation sites (N-methyl/N-ethyl adjacent to an activating group) is 1. The Morgan fingerprint density at radius 3 is 1.15 bits per heavy atom. The summed E-state index contributed by atoms with van der Waals surface area (Å²) in [5, 5.41) is 3.07. The molecule has 0 fully saturated rings. The summed E-state index contributed by atoms with van der Waals surface area (Å²) in [6.45, 7) is 7.03. The van der Waals surface area contributed by atoms with Gasteiger partial charge in [-0.1, -0.05) is 288 Å². The minimum Gasteiger partial charge on any atom is -0.456 e. The number of unbranched alkanes of at least 4 members (excludes halogenated alkanes) is 42. The van der Waals surface area contributed by atoms with E-state index >= 15 is 0 Å². The lowest BCUT2D eigenvalue weighted by molar-refractivity contribution is -0.870. The number of quaternary nitrogens is 1. The fourth-order valence-corrected chi connectivity index (χ4v) is 11.1. The molecule has 0 aromatic heterocycles. The molecule has 0 aliphatic rings. The van der Waals surface area contributed by atoms with Crippen LogP contribution in [0.4, 0.5) is 0 Å². The quantitative estimate of drug-likeness (QED) is 0.0205. The van der Waals surface area contributed by atoms with Gasteiger partial charge in [-0.25, -0.2) is 4.57 Å². The summed E-state index contributed by atoms with van der Waals surface area (Å²) in [6.07, 6.45) is 76.8. The predicted octanol–water partition coefficient (Wildman–Crippen LogP) is 22.0. The molecule has 0 aromatic rings. The van der Waals surface area contributed by atoms with Crippen LogP contribution in [0.3, 0.4) is 0 Å². The molecule has 0 aliphatic carbocycles. The van der Waals surface area contributed by atoms with Crippen molar-refractivity contribution in [3.05, 3.63) is 48.6 Å². The maximum atomic E-state index is 13.6. The van der Waals surface area contributed by atoms with E-state index in [4.69, 9.17) is 13.8 Å². The molecule has 3 unspecified atom stereocenters. The van der Waals surface area contributed by atoms with Gasteiger partial charge >= 0.3 is 13.8 Å². The highest BCUT2D eigenvalue weighted by atomic mass is 31.2. The number of hydrogen-bond donors (Lipinski definition) is 2. The largest absolute Gasteiger partial charge is 0.472 e. The summed E-state index contributed by atoms with van der Waals surface area (Å²) in [4.78, 5) is 37.9. The molecule has 0 aromatic carbocycles. The Morgan fingerprint density at radius 1 is 0.432 bits per heavy atom. The highest BCUT2D eigenvalue weighted by Gasteiger charge is 2.30. The molecule has 9 nitrogen and oxygen atoms in total. The lowest BCUT2D eigenvalue weighted by Gasteiger charge is -2.27. The molecule has 2 N–H and O–H groups in total. The molecule has 0 aliphatic heterocycles. The molecule has 0 spiro atoms. The van der Waals surface area contributed by atoms with E-state index in [9.17, 15) is 19.0 Å². The molecule has 0 radical (unpaired) electrons. The number of phosphoric ester groups is 1. The molecular formula is C71H136N2O7P+. The number of carbonyl (C=O) groups excluding carboxylic acids is 2. The van der Waals surface area contributed by atoms with Crippen LogP contribution in [0.15, 0.2) is 48.6 Å². The van der Waals surface area contributed by atoms with Gasteiger partial charge in [0, 0.05) is 12.8 Å². The predicted molar refractivity (Wildman–Crippen MR) is 351 cm³/mol. The van der Waals surface area contributed by atoms with Crippen LogP contribution in [-0.4, -0.2) is 74.3 Å². The zero-order valence-electron chi connectivity index (χ0n) is 54.5.